The molecule has 1 fully saturated rings. The third kappa shape index (κ3) is 3.46. The van der Waals surface area contributed by atoms with Gasteiger partial charge in [0, 0.05) is 18.3 Å². The zero-order valence-electron chi connectivity index (χ0n) is 11.3. The molecule has 1 heterocycles. The van der Waals surface area contributed by atoms with Crippen LogP contribution in [0, 0.1) is 5.92 Å². The van der Waals surface area contributed by atoms with Crippen molar-refractivity contribution in [3.05, 3.63) is 34.2 Å². The Bertz CT molecular complexity index is 524. The van der Waals surface area contributed by atoms with Crippen LogP contribution in [0.3, 0.4) is 0 Å². The molecular weight excluding hydrogens is 260 g/mol. The van der Waals surface area contributed by atoms with Crippen molar-refractivity contribution >= 4 is 11.9 Å². The lowest BCUT2D eigenvalue weighted by molar-refractivity contribution is -0.146. The van der Waals surface area contributed by atoms with Crippen molar-refractivity contribution in [2.75, 3.05) is 7.11 Å². The lowest BCUT2D eigenvalue weighted by Crippen LogP contribution is -2.39. The van der Waals surface area contributed by atoms with Gasteiger partial charge in [0.05, 0.1) is 18.6 Å². The standard InChI is InChI=1S/C14H18N2O4/c1-20-14(19)9-2-5-11(6-3-9)16-13(18)10-4-7-12(17)15-8-10/h4,7-9,11H,2-3,5-6H2,1H3,(H,15,17)(H,16,18). The number of carbonyl (C=O) groups excluding carboxylic acids is 2. The molecule has 6 heteroatoms. The van der Waals surface area contributed by atoms with Gasteiger partial charge in [0.2, 0.25) is 5.56 Å². The van der Waals surface area contributed by atoms with E-state index in [0.717, 1.165) is 25.7 Å². The van der Waals surface area contributed by atoms with Crippen molar-refractivity contribution in [2.45, 2.75) is 31.7 Å². The highest BCUT2D eigenvalue weighted by atomic mass is 16.5. The van der Waals surface area contributed by atoms with Crippen LogP contribution in [0.4, 0.5) is 0 Å². The summed E-state index contributed by atoms with van der Waals surface area (Å²) >= 11 is 0. The number of pyridine rings is 1. The molecular formula is C14H18N2O4. The topological polar surface area (TPSA) is 88.3 Å². The van der Waals surface area contributed by atoms with E-state index in [0.29, 0.717) is 5.56 Å². The highest BCUT2D eigenvalue weighted by Gasteiger charge is 2.27. The number of aromatic amines is 1. The van der Waals surface area contributed by atoms with Gasteiger partial charge in [0.25, 0.3) is 5.91 Å². The van der Waals surface area contributed by atoms with Gasteiger partial charge in [-0.05, 0) is 31.7 Å². The molecule has 0 radical (unpaired) electrons. The number of nitrogens with one attached hydrogen (secondary N) is 2. The van der Waals surface area contributed by atoms with Crippen LogP contribution in [-0.4, -0.2) is 30.0 Å². The van der Waals surface area contributed by atoms with Gasteiger partial charge in [0.15, 0.2) is 0 Å². The highest BCUT2D eigenvalue weighted by Crippen LogP contribution is 2.25. The molecule has 1 aromatic heterocycles. The van der Waals surface area contributed by atoms with Crippen LogP contribution in [0.1, 0.15) is 36.0 Å². The van der Waals surface area contributed by atoms with Crippen LogP contribution >= 0.6 is 0 Å². The largest absolute Gasteiger partial charge is 0.469 e. The number of hydrogen-bond donors (Lipinski definition) is 2. The number of esters is 1. The van der Waals surface area contributed by atoms with E-state index >= 15 is 0 Å². The maximum Gasteiger partial charge on any atom is 0.308 e. The number of methoxy groups -OCH3 is 1. The fraction of sp³-hybridized carbons (Fsp3) is 0.500. The van der Waals surface area contributed by atoms with Crippen molar-refractivity contribution in [1.29, 1.82) is 0 Å². The van der Waals surface area contributed by atoms with E-state index in [1.165, 1.54) is 25.4 Å². The normalized spacial score (nSPS) is 22.1. The minimum Gasteiger partial charge on any atom is -0.469 e. The number of H-pyrrole nitrogens is 1. The van der Waals surface area contributed by atoms with Gasteiger partial charge in [0.1, 0.15) is 0 Å². The van der Waals surface area contributed by atoms with Gasteiger partial charge in [-0.25, -0.2) is 0 Å². The number of ether oxygens (including phenoxy) is 1. The van der Waals surface area contributed by atoms with Crippen molar-refractivity contribution in [2.24, 2.45) is 5.92 Å². The van der Waals surface area contributed by atoms with Gasteiger partial charge >= 0.3 is 5.97 Å². The molecule has 1 aliphatic rings. The number of hydrogen-bond acceptors (Lipinski definition) is 4. The first-order valence-corrected chi connectivity index (χ1v) is 6.67. The Kier molecular flexibility index (Phi) is 4.55. The minimum atomic E-state index is -0.236. The van der Waals surface area contributed by atoms with Gasteiger partial charge in [-0.3, -0.25) is 14.4 Å². The second-order valence-corrected chi connectivity index (χ2v) is 4.99. The molecule has 0 atom stereocenters. The molecule has 1 aliphatic carbocycles. The van der Waals surface area contributed by atoms with E-state index in [1.54, 1.807) is 0 Å². The Morgan fingerprint density at radius 3 is 2.50 bits per heavy atom. The van der Waals surface area contributed by atoms with Crippen molar-refractivity contribution in [3.63, 3.8) is 0 Å². The summed E-state index contributed by atoms with van der Waals surface area (Å²) in [5, 5.41) is 2.92. The van der Waals surface area contributed by atoms with E-state index in [1.807, 2.05) is 0 Å². The van der Waals surface area contributed by atoms with Crippen LogP contribution in [0.15, 0.2) is 23.1 Å². The minimum absolute atomic E-state index is 0.0544. The third-order valence-corrected chi connectivity index (χ3v) is 3.64. The van der Waals surface area contributed by atoms with E-state index in [-0.39, 0.29) is 29.4 Å². The van der Waals surface area contributed by atoms with E-state index in [2.05, 4.69) is 10.3 Å². The maximum absolute atomic E-state index is 12.0. The third-order valence-electron chi connectivity index (χ3n) is 3.64. The lowest BCUT2D eigenvalue weighted by atomic mass is 9.86. The maximum atomic E-state index is 12.0. The second kappa shape index (κ2) is 6.36. The fourth-order valence-corrected chi connectivity index (χ4v) is 2.46. The summed E-state index contributed by atoms with van der Waals surface area (Å²) in [6, 6.07) is 2.88. The molecule has 0 bridgehead atoms. The highest BCUT2D eigenvalue weighted by molar-refractivity contribution is 5.94. The van der Waals surface area contributed by atoms with Gasteiger partial charge in [-0.1, -0.05) is 0 Å². The van der Waals surface area contributed by atoms with Gasteiger partial charge in [-0.15, -0.1) is 0 Å². The quantitative estimate of drug-likeness (QED) is 0.802. The smallest absolute Gasteiger partial charge is 0.308 e. The Morgan fingerprint density at radius 2 is 1.95 bits per heavy atom. The predicted molar refractivity (Wildman–Crippen MR) is 72.3 cm³/mol. The van der Waals surface area contributed by atoms with Crippen molar-refractivity contribution < 1.29 is 14.3 Å². The van der Waals surface area contributed by atoms with E-state index < -0.39 is 0 Å². The molecule has 0 aromatic carbocycles. The molecule has 1 amide bonds. The average molecular weight is 278 g/mol. The number of amides is 1. The molecule has 0 spiro atoms. The Labute approximate surface area is 116 Å². The van der Waals surface area contributed by atoms with E-state index in [9.17, 15) is 14.4 Å². The molecule has 0 aliphatic heterocycles. The predicted octanol–water partition coefficient (Wildman–Crippen LogP) is 0.836. The zero-order chi connectivity index (χ0) is 14.5. The van der Waals surface area contributed by atoms with Crippen molar-refractivity contribution in [1.82, 2.24) is 10.3 Å². The molecule has 6 nitrogen and oxygen atoms in total. The van der Waals surface area contributed by atoms with Crippen LogP contribution in [0.5, 0.6) is 0 Å². The van der Waals surface area contributed by atoms with Gasteiger partial charge in [-0.2, -0.15) is 0 Å². The lowest BCUT2D eigenvalue weighted by Gasteiger charge is -2.27. The molecule has 108 valence electrons. The summed E-state index contributed by atoms with van der Waals surface area (Å²) < 4.78 is 4.73. The summed E-state index contributed by atoms with van der Waals surface area (Å²) in [7, 11) is 1.40. The molecule has 1 saturated carbocycles. The zero-order valence-corrected chi connectivity index (χ0v) is 11.3. The van der Waals surface area contributed by atoms with Crippen LogP contribution in [0.2, 0.25) is 0 Å². The fourth-order valence-electron chi connectivity index (χ4n) is 2.46. The summed E-state index contributed by atoms with van der Waals surface area (Å²) in [4.78, 5) is 36.8. The summed E-state index contributed by atoms with van der Waals surface area (Å²) in [6.45, 7) is 0. The number of carbonyl (C=O) groups is 2. The Morgan fingerprint density at radius 1 is 1.25 bits per heavy atom. The van der Waals surface area contributed by atoms with Crippen molar-refractivity contribution in [3.8, 4) is 0 Å². The first-order valence-electron chi connectivity index (χ1n) is 6.67. The average Bonchev–Trinajstić information content (AvgIpc) is 2.48. The SMILES string of the molecule is COC(=O)C1CCC(NC(=O)c2ccc(=O)[nH]c2)CC1. The molecule has 1 aromatic rings. The summed E-state index contributed by atoms with van der Waals surface area (Å²) in [5.41, 5.74) is 0.194. The summed E-state index contributed by atoms with van der Waals surface area (Å²) in [5.74, 6) is -0.431. The van der Waals surface area contributed by atoms with Crippen LogP contribution in [-0.2, 0) is 9.53 Å². The first-order chi connectivity index (χ1) is 9.60. The molecule has 0 saturated heterocycles. The van der Waals surface area contributed by atoms with Crippen LogP contribution < -0.4 is 10.9 Å². The second-order valence-electron chi connectivity index (χ2n) is 4.99. The molecule has 2 rings (SSSR count). The first kappa shape index (κ1) is 14.3. The monoisotopic (exact) mass is 278 g/mol. The van der Waals surface area contributed by atoms with Crippen LogP contribution in [0.25, 0.3) is 0 Å². The van der Waals surface area contributed by atoms with Gasteiger partial charge < -0.3 is 15.0 Å². The Balaban J connectivity index is 1.86. The Hall–Kier alpha value is -2.11. The molecule has 2 N–H and O–H groups in total. The number of aromatic nitrogens is 1. The molecule has 0 unspecified atom stereocenters. The summed E-state index contributed by atoms with van der Waals surface area (Å²) in [6.07, 6.45) is 4.37. The van der Waals surface area contributed by atoms with E-state index in [4.69, 9.17) is 4.74 Å². The molecule has 20 heavy (non-hydrogen) atoms. The number of rotatable bonds is 3.